The molecule has 1 heterocycles. The lowest BCUT2D eigenvalue weighted by molar-refractivity contribution is 0.101. The highest BCUT2D eigenvalue weighted by atomic mass is 32.2. The highest BCUT2D eigenvalue weighted by molar-refractivity contribution is 7.89. The number of carbonyl (C=O) groups excluding carboxylic acids is 1. The monoisotopic (exact) mass is 424 g/mol. The van der Waals surface area contributed by atoms with Crippen molar-refractivity contribution in [1.29, 1.82) is 0 Å². The van der Waals surface area contributed by atoms with Gasteiger partial charge in [-0.2, -0.15) is 5.10 Å². The van der Waals surface area contributed by atoms with Crippen LogP contribution in [0, 0.1) is 0 Å². The van der Waals surface area contributed by atoms with Crippen LogP contribution >= 0.6 is 0 Å². The van der Waals surface area contributed by atoms with Crippen LogP contribution in [-0.4, -0.2) is 62.8 Å². The molecule has 0 unspecified atom stereocenters. The first-order valence-electron chi connectivity index (χ1n) is 8.78. The molecule has 0 aliphatic carbocycles. The maximum Gasteiger partial charge on any atom is 0.276 e. The van der Waals surface area contributed by atoms with Crippen LogP contribution in [0.25, 0.3) is 0 Å². The number of nitrogens with one attached hydrogen (secondary N) is 1. The van der Waals surface area contributed by atoms with E-state index in [4.69, 9.17) is 9.47 Å². The lowest BCUT2D eigenvalue weighted by Gasteiger charge is -2.16. The standard InChI is InChI=1S/C18H24N4O6S/c1-5-28-15-8-6-13(12-16(15)29(25,26)21(2)3)19-18(24)14-7-9-17(23)22(20-14)10-11-27-4/h6-9,12H,5,10-11H2,1-4H3,(H,19,24). The van der Waals surface area contributed by atoms with E-state index in [1.165, 1.54) is 51.5 Å². The molecule has 0 radical (unpaired) electrons. The van der Waals surface area contributed by atoms with E-state index in [-0.39, 0.29) is 47.3 Å². The zero-order valence-electron chi connectivity index (χ0n) is 16.7. The third kappa shape index (κ3) is 5.40. The summed E-state index contributed by atoms with van der Waals surface area (Å²) in [6, 6.07) is 6.85. The lowest BCUT2D eigenvalue weighted by atomic mass is 10.3. The van der Waals surface area contributed by atoms with Gasteiger partial charge in [0.2, 0.25) is 10.0 Å². The molecule has 0 aliphatic heterocycles. The van der Waals surface area contributed by atoms with Gasteiger partial charge in [-0.3, -0.25) is 9.59 Å². The first-order chi connectivity index (χ1) is 13.7. The van der Waals surface area contributed by atoms with E-state index in [0.29, 0.717) is 0 Å². The molecular formula is C18H24N4O6S. The Kier molecular flexibility index (Phi) is 7.48. The fraction of sp³-hybridized carbons (Fsp3) is 0.389. The summed E-state index contributed by atoms with van der Waals surface area (Å²) < 4.78 is 37.7. The average molecular weight is 424 g/mol. The predicted octanol–water partition coefficient (Wildman–Crippen LogP) is 0.791. The molecule has 0 saturated heterocycles. The van der Waals surface area contributed by atoms with Gasteiger partial charge < -0.3 is 14.8 Å². The van der Waals surface area contributed by atoms with E-state index in [2.05, 4.69) is 10.4 Å². The van der Waals surface area contributed by atoms with E-state index in [1.807, 2.05) is 0 Å². The van der Waals surface area contributed by atoms with Crippen molar-refractivity contribution < 1.29 is 22.7 Å². The Bertz CT molecular complexity index is 1030. The summed E-state index contributed by atoms with van der Waals surface area (Å²) in [5.74, 6) is -0.404. The normalized spacial score (nSPS) is 11.5. The fourth-order valence-corrected chi connectivity index (χ4v) is 3.41. The number of sulfonamides is 1. The summed E-state index contributed by atoms with van der Waals surface area (Å²) >= 11 is 0. The quantitative estimate of drug-likeness (QED) is 0.632. The molecule has 0 spiro atoms. The Balaban J connectivity index is 2.34. The van der Waals surface area contributed by atoms with Crippen molar-refractivity contribution in [3.8, 4) is 5.75 Å². The first kappa shape index (κ1) is 22.5. The van der Waals surface area contributed by atoms with Gasteiger partial charge in [-0.25, -0.2) is 17.4 Å². The van der Waals surface area contributed by atoms with E-state index in [1.54, 1.807) is 6.92 Å². The summed E-state index contributed by atoms with van der Waals surface area (Å²) in [6.07, 6.45) is 0. The van der Waals surface area contributed by atoms with Crippen LogP contribution in [0.15, 0.2) is 40.0 Å². The predicted molar refractivity (Wildman–Crippen MR) is 107 cm³/mol. The van der Waals surface area contributed by atoms with Crippen molar-refractivity contribution in [2.45, 2.75) is 18.4 Å². The molecule has 158 valence electrons. The molecular weight excluding hydrogens is 400 g/mol. The first-order valence-corrected chi connectivity index (χ1v) is 10.2. The van der Waals surface area contributed by atoms with Gasteiger partial charge >= 0.3 is 0 Å². The van der Waals surface area contributed by atoms with Crippen LogP contribution in [-0.2, 0) is 21.3 Å². The van der Waals surface area contributed by atoms with Gasteiger partial charge in [0.1, 0.15) is 16.3 Å². The molecule has 0 bridgehead atoms. The maximum absolute atomic E-state index is 12.6. The second-order valence-corrected chi connectivity index (χ2v) is 8.23. The van der Waals surface area contributed by atoms with Crippen molar-refractivity contribution in [3.05, 3.63) is 46.4 Å². The van der Waals surface area contributed by atoms with Gasteiger partial charge in [0, 0.05) is 33.0 Å². The largest absolute Gasteiger partial charge is 0.492 e. The summed E-state index contributed by atoms with van der Waals surface area (Å²) in [5, 5.41) is 6.61. The smallest absolute Gasteiger partial charge is 0.276 e. The number of ether oxygens (including phenoxy) is 2. The maximum atomic E-state index is 12.6. The molecule has 1 N–H and O–H groups in total. The molecule has 0 aliphatic rings. The minimum atomic E-state index is -3.79. The molecule has 29 heavy (non-hydrogen) atoms. The van der Waals surface area contributed by atoms with Crippen molar-refractivity contribution in [1.82, 2.24) is 14.1 Å². The summed E-state index contributed by atoms with van der Waals surface area (Å²) in [4.78, 5) is 24.3. The Morgan fingerprint density at radius 3 is 2.59 bits per heavy atom. The Labute approximate surface area is 169 Å². The van der Waals surface area contributed by atoms with Crippen LogP contribution in [0.3, 0.4) is 0 Å². The Morgan fingerprint density at radius 1 is 1.24 bits per heavy atom. The summed E-state index contributed by atoms with van der Waals surface area (Å²) in [7, 11) is 0.512. The van der Waals surface area contributed by atoms with Gasteiger partial charge in [-0.15, -0.1) is 0 Å². The molecule has 1 aromatic heterocycles. The van der Waals surface area contributed by atoms with Gasteiger partial charge in [-0.1, -0.05) is 0 Å². The number of anilines is 1. The zero-order chi connectivity index (χ0) is 21.6. The van der Waals surface area contributed by atoms with Crippen LogP contribution in [0.4, 0.5) is 5.69 Å². The topological polar surface area (TPSA) is 120 Å². The van der Waals surface area contributed by atoms with Crippen molar-refractivity contribution >= 4 is 21.6 Å². The molecule has 10 nitrogen and oxygen atoms in total. The number of hydrogen-bond donors (Lipinski definition) is 1. The molecule has 0 atom stereocenters. The molecule has 0 fully saturated rings. The van der Waals surface area contributed by atoms with E-state index < -0.39 is 15.9 Å². The van der Waals surface area contributed by atoms with Crippen LogP contribution in [0.5, 0.6) is 5.75 Å². The molecule has 0 saturated carbocycles. The van der Waals surface area contributed by atoms with Crippen molar-refractivity contribution in [3.63, 3.8) is 0 Å². The van der Waals surface area contributed by atoms with Gasteiger partial charge in [0.15, 0.2) is 0 Å². The van der Waals surface area contributed by atoms with Crippen molar-refractivity contribution in [2.75, 3.05) is 39.7 Å². The number of aromatic nitrogens is 2. The number of amides is 1. The minimum Gasteiger partial charge on any atom is -0.492 e. The van der Waals surface area contributed by atoms with Crippen molar-refractivity contribution in [2.24, 2.45) is 0 Å². The van der Waals surface area contributed by atoms with E-state index in [0.717, 1.165) is 8.99 Å². The van der Waals surface area contributed by atoms with Gasteiger partial charge in [0.25, 0.3) is 11.5 Å². The molecule has 1 amide bonds. The molecule has 2 rings (SSSR count). The zero-order valence-corrected chi connectivity index (χ0v) is 17.5. The Morgan fingerprint density at radius 2 is 1.97 bits per heavy atom. The summed E-state index contributed by atoms with van der Waals surface area (Å²) in [6.45, 7) is 2.49. The average Bonchev–Trinajstić information content (AvgIpc) is 2.68. The third-order valence-corrected chi connectivity index (χ3v) is 5.70. The van der Waals surface area contributed by atoms with E-state index in [9.17, 15) is 18.0 Å². The van der Waals surface area contributed by atoms with Crippen LogP contribution in [0.1, 0.15) is 17.4 Å². The highest BCUT2D eigenvalue weighted by Gasteiger charge is 2.23. The number of nitrogens with zero attached hydrogens (tertiary/aromatic N) is 3. The third-order valence-electron chi connectivity index (χ3n) is 3.87. The number of carbonyl (C=O) groups is 1. The summed E-state index contributed by atoms with van der Waals surface area (Å²) in [5.41, 5.74) is -0.110. The number of hydrogen-bond acceptors (Lipinski definition) is 7. The second kappa shape index (κ2) is 9.63. The number of methoxy groups -OCH3 is 1. The highest BCUT2D eigenvalue weighted by Crippen LogP contribution is 2.29. The van der Waals surface area contributed by atoms with Gasteiger partial charge in [-0.05, 0) is 31.2 Å². The molecule has 2 aromatic rings. The van der Waals surface area contributed by atoms with Crippen LogP contribution < -0.4 is 15.6 Å². The van der Waals surface area contributed by atoms with Crippen LogP contribution in [0.2, 0.25) is 0 Å². The Hall–Kier alpha value is -2.76. The number of benzene rings is 1. The lowest BCUT2D eigenvalue weighted by Crippen LogP contribution is -2.27. The molecule has 1 aromatic carbocycles. The SMILES string of the molecule is CCOc1ccc(NC(=O)c2ccc(=O)n(CCOC)n2)cc1S(=O)(=O)N(C)C. The fourth-order valence-electron chi connectivity index (χ4n) is 2.36. The molecule has 11 heteroatoms. The second-order valence-electron chi connectivity index (χ2n) is 6.11. The number of rotatable bonds is 9. The minimum absolute atomic E-state index is 0.00612. The van der Waals surface area contributed by atoms with Gasteiger partial charge in [0.05, 0.1) is 19.8 Å². The van der Waals surface area contributed by atoms with E-state index >= 15 is 0 Å².